The van der Waals surface area contributed by atoms with Crippen LogP contribution in [0.4, 0.5) is 5.82 Å². The number of nitrogens with one attached hydrogen (secondary N) is 1. The van der Waals surface area contributed by atoms with E-state index in [0.29, 0.717) is 6.04 Å². The minimum Gasteiger partial charge on any atom is -0.367 e. The first-order chi connectivity index (χ1) is 10.6. The van der Waals surface area contributed by atoms with Crippen LogP contribution in [0.1, 0.15) is 31.7 Å². The summed E-state index contributed by atoms with van der Waals surface area (Å²) in [5.41, 5.74) is 5.17. The lowest BCUT2D eigenvalue weighted by atomic mass is 10.1. The molecule has 1 atom stereocenters. The third-order valence-corrected chi connectivity index (χ3v) is 3.96. The smallest absolute Gasteiger partial charge is 0.165 e. The molecule has 0 spiro atoms. The number of hydrogen-bond acceptors (Lipinski definition) is 3. The quantitative estimate of drug-likeness (QED) is 0.783. The van der Waals surface area contributed by atoms with Crippen molar-refractivity contribution in [2.24, 2.45) is 0 Å². The second-order valence-electron chi connectivity index (χ2n) is 5.80. The van der Waals surface area contributed by atoms with Crippen molar-refractivity contribution in [2.75, 3.05) is 5.32 Å². The summed E-state index contributed by atoms with van der Waals surface area (Å²) in [6.45, 7) is 8.42. The van der Waals surface area contributed by atoms with Crippen molar-refractivity contribution in [1.82, 2.24) is 14.6 Å². The molecule has 4 heteroatoms. The zero-order valence-corrected chi connectivity index (χ0v) is 13.6. The first-order valence-corrected chi connectivity index (χ1v) is 7.79. The normalized spacial score (nSPS) is 12.5. The molecular formula is C18H22N4. The van der Waals surface area contributed by atoms with Gasteiger partial charge in [0.15, 0.2) is 5.65 Å². The predicted octanol–water partition coefficient (Wildman–Crippen LogP) is 4.22. The minimum atomic E-state index is 0.398. The van der Waals surface area contributed by atoms with E-state index in [-0.39, 0.29) is 0 Å². The van der Waals surface area contributed by atoms with Crippen LogP contribution in [-0.2, 0) is 0 Å². The second kappa shape index (κ2) is 5.79. The Bertz CT molecular complexity index is 790. The summed E-state index contributed by atoms with van der Waals surface area (Å²) in [5.74, 6) is 1.00. The first-order valence-electron chi connectivity index (χ1n) is 7.79. The van der Waals surface area contributed by atoms with Gasteiger partial charge in [0.05, 0.1) is 5.69 Å². The van der Waals surface area contributed by atoms with Crippen molar-refractivity contribution in [2.45, 2.75) is 40.2 Å². The summed E-state index contributed by atoms with van der Waals surface area (Å²) in [6, 6.07) is 12.8. The molecule has 1 N–H and O–H groups in total. The highest BCUT2D eigenvalue weighted by Gasteiger charge is 2.16. The van der Waals surface area contributed by atoms with Gasteiger partial charge in [-0.2, -0.15) is 9.61 Å². The summed E-state index contributed by atoms with van der Waals surface area (Å²) >= 11 is 0. The maximum absolute atomic E-state index is 4.73. The molecule has 0 saturated carbocycles. The van der Waals surface area contributed by atoms with E-state index in [1.165, 1.54) is 0 Å². The summed E-state index contributed by atoms with van der Waals surface area (Å²) in [7, 11) is 0. The number of hydrogen-bond donors (Lipinski definition) is 1. The lowest BCUT2D eigenvalue weighted by molar-refractivity contribution is 0.747. The Morgan fingerprint density at radius 2 is 1.91 bits per heavy atom. The van der Waals surface area contributed by atoms with E-state index in [2.05, 4.69) is 37.4 Å². The van der Waals surface area contributed by atoms with Gasteiger partial charge in [0.25, 0.3) is 0 Å². The summed E-state index contributed by atoms with van der Waals surface area (Å²) in [5, 5.41) is 8.24. The lowest BCUT2D eigenvalue weighted by Crippen LogP contribution is -2.16. The fourth-order valence-corrected chi connectivity index (χ4v) is 2.64. The summed E-state index contributed by atoms with van der Waals surface area (Å²) in [4.78, 5) is 4.73. The predicted molar refractivity (Wildman–Crippen MR) is 91.3 cm³/mol. The van der Waals surface area contributed by atoms with Crippen LogP contribution in [0.2, 0.25) is 0 Å². The lowest BCUT2D eigenvalue weighted by Gasteiger charge is -2.14. The molecule has 0 aliphatic rings. The van der Waals surface area contributed by atoms with Gasteiger partial charge in [-0.15, -0.1) is 0 Å². The van der Waals surface area contributed by atoms with Gasteiger partial charge in [0.2, 0.25) is 0 Å². The third-order valence-electron chi connectivity index (χ3n) is 3.96. The topological polar surface area (TPSA) is 42.2 Å². The molecule has 0 aliphatic heterocycles. The molecule has 0 bridgehead atoms. The van der Waals surface area contributed by atoms with E-state index >= 15 is 0 Å². The Morgan fingerprint density at radius 1 is 1.18 bits per heavy atom. The Hall–Kier alpha value is -2.36. The van der Waals surface area contributed by atoms with Crippen LogP contribution in [0.25, 0.3) is 16.8 Å². The third kappa shape index (κ3) is 2.56. The molecule has 3 rings (SSSR count). The molecular weight excluding hydrogens is 272 g/mol. The second-order valence-corrected chi connectivity index (χ2v) is 5.80. The Balaban J connectivity index is 2.22. The Morgan fingerprint density at radius 3 is 2.59 bits per heavy atom. The van der Waals surface area contributed by atoms with Crippen molar-refractivity contribution in [3.8, 4) is 11.1 Å². The van der Waals surface area contributed by atoms with Crippen LogP contribution in [-0.4, -0.2) is 20.6 Å². The van der Waals surface area contributed by atoms with E-state index in [4.69, 9.17) is 10.1 Å². The molecule has 1 aromatic carbocycles. The number of benzene rings is 1. The average molecular weight is 294 g/mol. The monoisotopic (exact) mass is 294 g/mol. The van der Waals surface area contributed by atoms with Crippen LogP contribution >= 0.6 is 0 Å². The average Bonchev–Trinajstić information content (AvgIpc) is 2.84. The van der Waals surface area contributed by atoms with Gasteiger partial charge in [-0.25, -0.2) is 4.98 Å². The molecule has 1 unspecified atom stereocenters. The molecule has 114 valence electrons. The summed E-state index contributed by atoms with van der Waals surface area (Å²) < 4.78 is 1.93. The maximum Gasteiger partial charge on any atom is 0.165 e. The van der Waals surface area contributed by atoms with Gasteiger partial charge in [-0.05, 0) is 32.8 Å². The van der Waals surface area contributed by atoms with Gasteiger partial charge in [0.1, 0.15) is 5.82 Å². The molecule has 2 heterocycles. The van der Waals surface area contributed by atoms with Crippen molar-refractivity contribution in [3.05, 3.63) is 47.8 Å². The van der Waals surface area contributed by atoms with E-state index in [0.717, 1.165) is 40.4 Å². The highest BCUT2D eigenvalue weighted by atomic mass is 15.3. The van der Waals surface area contributed by atoms with Crippen LogP contribution in [0.3, 0.4) is 0 Å². The number of aromatic nitrogens is 3. The molecule has 3 aromatic rings. The standard InChI is InChI=1S/C18H22N4/c1-5-12(2)19-16-11-13(3)20-18-17(14(4)21-22(16)18)15-9-7-6-8-10-15/h6-12,19H,5H2,1-4H3. The zero-order valence-electron chi connectivity index (χ0n) is 13.6. The van der Waals surface area contributed by atoms with Gasteiger partial charge in [-0.3, -0.25) is 0 Å². The molecule has 0 radical (unpaired) electrons. The van der Waals surface area contributed by atoms with E-state index in [1.54, 1.807) is 0 Å². The molecule has 4 nitrogen and oxygen atoms in total. The Kier molecular flexibility index (Phi) is 3.84. The minimum absolute atomic E-state index is 0.398. The van der Waals surface area contributed by atoms with Crippen LogP contribution in [0.15, 0.2) is 36.4 Å². The molecule has 0 fully saturated rings. The largest absolute Gasteiger partial charge is 0.367 e. The fraction of sp³-hybridized carbons (Fsp3) is 0.333. The van der Waals surface area contributed by atoms with E-state index in [9.17, 15) is 0 Å². The van der Waals surface area contributed by atoms with Gasteiger partial charge in [0, 0.05) is 23.4 Å². The van der Waals surface area contributed by atoms with Gasteiger partial charge >= 0.3 is 0 Å². The zero-order chi connectivity index (χ0) is 15.7. The maximum atomic E-state index is 4.73. The van der Waals surface area contributed by atoms with Crippen LogP contribution in [0.5, 0.6) is 0 Å². The summed E-state index contributed by atoms with van der Waals surface area (Å²) in [6.07, 6.45) is 1.06. The highest BCUT2D eigenvalue weighted by Crippen LogP contribution is 2.29. The number of nitrogens with zero attached hydrogens (tertiary/aromatic N) is 3. The van der Waals surface area contributed by atoms with Crippen molar-refractivity contribution < 1.29 is 0 Å². The first kappa shape index (κ1) is 14.6. The van der Waals surface area contributed by atoms with E-state index < -0.39 is 0 Å². The van der Waals surface area contributed by atoms with Crippen molar-refractivity contribution in [3.63, 3.8) is 0 Å². The van der Waals surface area contributed by atoms with Crippen LogP contribution < -0.4 is 5.32 Å². The number of rotatable bonds is 4. The van der Waals surface area contributed by atoms with Crippen LogP contribution in [0, 0.1) is 13.8 Å². The number of fused-ring (bicyclic) bond motifs is 1. The molecule has 0 saturated heterocycles. The van der Waals surface area contributed by atoms with Gasteiger partial charge in [-0.1, -0.05) is 37.3 Å². The SMILES string of the molecule is CCC(C)Nc1cc(C)nc2c(-c3ccccc3)c(C)nn12. The molecule has 22 heavy (non-hydrogen) atoms. The number of aryl methyl sites for hydroxylation is 2. The van der Waals surface area contributed by atoms with Crippen molar-refractivity contribution >= 4 is 11.5 Å². The molecule has 2 aromatic heterocycles. The Labute approximate surface area is 131 Å². The van der Waals surface area contributed by atoms with E-state index in [1.807, 2.05) is 36.6 Å². The highest BCUT2D eigenvalue weighted by molar-refractivity contribution is 5.80. The molecule has 0 aliphatic carbocycles. The van der Waals surface area contributed by atoms with Crippen molar-refractivity contribution in [1.29, 1.82) is 0 Å². The number of anilines is 1. The molecule has 0 amide bonds. The fourth-order valence-electron chi connectivity index (χ4n) is 2.64. The van der Waals surface area contributed by atoms with Gasteiger partial charge < -0.3 is 5.32 Å².